The van der Waals surface area contributed by atoms with Crippen molar-refractivity contribution in [3.8, 4) is 11.1 Å². The third kappa shape index (κ3) is 1.28. The van der Waals surface area contributed by atoms with Gasteiger partial charge in [-0.05, 0) is 12.5 Å². The SMILES string of the molecule is Cc1o[nH]c(=O)c1-c1ccccc1. The quantitative estimate of drug-likeness (QED) is 0.719. The minimum atomic E-state index is -0.177. The van der Waals surface area contributed by atoms with Gasteiger partial charge in [0, 0.05) is 0 Å². The topological polar surface area (TPSA) is 46.0 Å². The Labute approximate surface area is 75.0 Å². The molecule has 0 aliphatic heterocycles. The van der Waals surface area contributed by atoms with Gasteiger partial charge in [-0.3, -0.25) is 4.79 Å². The van der Waals surface area contributed by atoms with Gasteiger partial charge in [0.2, 0.25) is 0 Å². The Morgan fingerprint density at radius 3 is 2.46 bits per heavy atom. The molecule has 0 spiro atoms. The first-order valence-electron chi connectivity index (χ1n) is 4.02. The van der Waals surface area contributed by atoms with Crippen molar-refractivity contribution in [2.75, 3.05) is 0 Å². The van der Waals surface area contributed by atoms with Crippen LogP contribution in [-0.2, 0) is 0 Å². The van der Waals surface area contributed by atoms with Gasteiger partial charge in [-0.1, -0.05) is 30.3 Å². The zero-order valence-corrected chi connectivity index (χ0v) is 7.20. The monoisotopic (exact) mass is 175 g/mol. The predicted octanol–water partition coefficient (Wildman–Crippen LogP) is 1.94. The molecule has 0 amide bonds. The van der Waals surface area contributed by atoms with Crippen molar-refractivity contribution in [2.45, 2.75) is 6.92 Å². The summed E-state index contributed by atoms with van der Waals surface area (Å²) in [5, 5.41) is 2.30. The van der Waals surface area contributed by atoms with Crippen molar-refractivity contribution in [1.29, 1.82) is 0 Å². The summed E-state index contributed by atoms with van der Waals surface area (Å²) in [6, 6.07) is 9.45. The molecule has 1 aromatic carbocycles. The summed E-state index contributed by atoms with van der Waals surface area (Å²) >= 11 is 0. The average molecular weight is 175 g/mol. The van der Waals surface area contributed by atoms with Crippen LogP contribution in [0.3, 0.4) is 0 Å². The fourth-order valence-corrected chi connectivity index (χ4v) is 1.32. The van der Waals surface area contributed by atoms with E-state index in [1.807, 2.05) is 30.3 Å². The van der Waals surface area contributed by atoms with Crippen LogP contribution >= 0.6 is 0 Å². The van der Waals surface area contributed by atoms with E-state index >= 15 is 0 Å². The van der Waals surface area contributed by atoms with Gasteiger partial charge in [-0.15, -0.1) is 0 Å². The minimum Gasteiger partial charge on any atom is -0.383 e. The number of rotatable bonds is 1. The number of benzene rings is 1. The van der Waals surface area contributed by atoms with Crippen LogP contribution in [0.4, 0.5) is 0 Å². The molecule has 1 N–H and O–H groups in total. The molecule has 66 valence electrons. The molecule has 0 radical (unpaired) electrons. The van der Waals surface area contributed by atoms with Gasteiger partial charge in [0.25, 0.3) is 5.56 Å². The number of aromatic nitrogens is 1. The van der Waals surface area contributed by atoms with Crippen LogP contribution in [0.1, 0.15) is 5.76 Å². The highest BCUT2D eigenvalue weighted by molar-refractivity contribution is 5.63. The number of aromatic amines is 1. The molecular formula is C10H9NO2. The predicted molar refractivity (Wildman–Crippen MR) is 49.5 cm³/mol. The van der Waals surface area contributed by atoms with Gasteiger partial charge in [-0.25, -0.2) is 0 Å². The summed E-state index contributed by atoms with van der Waals surface area (Å²) in [5.74, 6) is 0.621. The van der Waals surface area contributed by atoms with Crippen LogP contribution < -0.4 is 5.56 Å². The van der Waals surface area contributed by atoms with E-state index in [1.165, 1.54) is 0 Å². The lowest BCUT2D eigenvalue weighted by atomic mass is 10.1. The molecule has 0 aliphatic rings. The van der Waals surface area contributed by atoms with Crippen LogP contribution in [0.15, 0.2) is 39.6 Å². The summed E-state index contributed by atoms with van der Waals surface area (Å²) in [7, 11) is 0. The van der Waals surface area contributed by atoms with Gasteiger partial charge in [0.15, 0.2) is 0 Å². The highest BCUT2D eigenvalue weighted by atomic mass is 16.5. The molecule has 1 heterocycles. The maximum atomic E-state index is 11.3. The van der Waals surface area contributed by atoms with Gasteiger partial charge < -0.3 is 4.52 Å². The molecule has 0 fully saturated rings. The molecule has 2 aromatic rings. The Balaban J connectivity index is 2.65. The summed E-state index contributed by atoms with van der Waals surface area (Å²) in [5.41, 5.74) is 1.32. The molecule has 0 saturated heterocycles. The third-order valence-electron chi connectivity index (χ3n) is 1.94. The smallest absolute Gasteiger partial charge is 0.288 e. The number of aryl methyl sites for hydroxylation is 1. The maximum absolute atomic E-state index is 11.3. The van der Waals surface area contributed by atoms with Gasteiger partial charge in [-0.2, -0.15) is 5.16 Å². The van der Waals surface area contributed by atoms with Crippen LogP contribution in [0.2, 0.25) is 0 Å². The van der Waals surface area contributed by atoms with Crippen LogP contribution in [0, 0.1) is 6.92 Å². The Kier molecular flexibility index (Phi) is 1.77. The first-order chi connectivity index (χ1) is 6.29. The molecule has 0 atom stereocenters. The molecule has 3 heteroatoms. The fraction of sp³-hybridized carbons (Fsp3) is 0.100. The second-order valence-corrected chi connectivity index (χ2v) is 2.83. The lowest BCUT2D eigenvalue weighted by Crippen LogP contribution is -2.01. The molecule has 13 heavy (non-hydrogen) atoms. The van der Waals surface area contributed by atoms with E-state index in [1.54, 1.807) is 6.92 Å². The standard InChI is InChI=1S/C10H9NO2/c1-7-9(10(12)11-13-7)8-5-3-2-4-6-8/h2-6H,1H3,(H,11,12). The molecule has 2 rings (SSSR count). The Bertz CT molecular complexity index is 453. The number of H-pyrrole nitrogens is 1. The van der Waals surface area contributed by atoms with E-state index in [-0.39, 0.29) is 5.56 Å². The summed E-state index contributed by atoms with van der Waals surface area (Å²) < 4.78 is 4.91. The Hall–Kier alpha value is -1.77. The maximum Gasteiger partial charge on any atom is 0.288 e. The molecule has 3 nitrogen and oxygen atoms in total. The summed E-state index contributed by atoms with van der Waals surface area (Å²) in [4.78, 5) is 11.3. The van der Waals surface area contributed by atoms with Crippen LogP contribution in [-0.4, -0.2) is 5.16 Å². The molecule has 0 bridgehead atoms. The summed E-state index contributed by atoms with van der Waals surface area (Å²) in [6.07, 6.45) is 0. The average Bonchev–Trinajstić information content (AvgIpc) is 2.48. The van der Waals surface area contributed by atoms with Crippen molar-refractivity contribution in [3.63, 3.8) is 0 Å². The second-order valence-electron chi connectivity index (χ2n) is 2.83. The van der Waals surface area contributed by atoms with E-state index in [0.717, 1.165) is 5.56 Å². The van der Waals surface area contributed by atoms with Gasteiger partial charge in [0.1, 0.15) is 5.76 Å². The zero-order valence-electron chi connectivity index (χ0n) is 7.20. The van der Waals surface area contributed by atoms with Crippen molar-refractivity contribution in [2.24, 2.45) is 0 Å². The van der Waals surface area contributed by atoms with E-state index in [2.05, 4.69) is 5.16 Å². The van der Waals surface area contributed by atoms with Gasteiger partial charge >= 0.3 is 0 Å². The van der Waals surface area contributed by atoms with Crippen molar-refractivity contribution < 1.29 is 4.52 Å². The lowest BCUT2D eigenvalue weighted by Gasteiger charge is -1.94. The highest BCUT2D eigenvalue weighted by Crippen LogP contribution is 2.17. The Morgan fingerprint density at radius 1 is 1.23 bits per heavy atom. The normalized spacial score (nSPS) is 10.2. The molecular weight excluding hydrogens is 166 g/mol. The van der Waals surface area contributed by atoms with E-state index in [4.69, 9.17) is 4.52 Å². The minimum absolute atomic E-state index is 0.177. The lowest BCUT2D eigenvalue weighted by molar-refractivity contribution is 0.392. The van der Waals surface area contributed by atoms with E-state index < -0.39 is 0 Å². The fourth-order valence-electron chi connectivity index (χ4n) is 1.32. The largest absolute Gasteiger partial charge is 0.383 e. The molecule has 0 unspecified atom stereocenters. The Morgan fingerprint density at radius 2 is 1.92 bits per heavy atom. The van der Waals surface area contributed by atoms with Crippen molar-refractivity contribution >= 4 is 0 Å². The molecule has 0 saturated carbocycles. The highest BCUT2D eigenvalue weighted by Gasteiger charge is 2.09. The molecule has 1 aromatic heterocycles. The van der Waals surface area contributed by atoms with Crippen LogP contribution in [0.5, 0.6) is 0 Å². The van der Waals surface area contributed by atoms with Crippen molar-refractivity contribution in [1.82, 2.24) is 5.16 Å². The third-order valence-corrected chi connectivity index (χ3v) is 1.94. The van der Waals surface area contributed by atoms with E-state index in [0.29, 0.717) is 11.3 Å². The zero-order chi connectivity index (χ0) is 9.26. The second kappa shape index (κ2) is 2.94. The molecule has 0 aliphatic carbocycles. The van der Waals surface area contributed by atoms with E-state index in [9.17, 15) is 4.79 Å². The van der Waals surface area contributed by atoms with Gasteiger partial charge in [0.05, 0.1) is 5.56 Å². The number of hydrogen-bond acceptors (Lipinski definition) is 2. The number of nitrogens with one attached hydrogen (secondary N) is 1. The number of hydrogen-bond donors (Lipinski definition) is 1. The van der Waals surface area contributed by atoms with Crippen molar-refractivity contribution in [3.05, 3.63) is 46.4 Å². The van der Waals surface area contributed by atoms with Crippen LogP contribution in [0.25, 0.3) is 11.1 Å². The first kappa shape index (κ1) is 7.86. The summed E-state index contributed by atoms with van der Waals surface area (Å²) in [6.45, 7) is 1.76. The first-order valence-corrected chi connectivity index (χ1v) is 4.02.